The Morgan fingerprint density at radius 3 is 2.48 bits per heavy atom. The molecule has 2 aromatic rings. The molecule has 0 atom stereocenters. The Bertz CT molecular complexity index is 671. The second-order valence-electron chi connectivity index (χ2n) is 4.75. The third-order valence-electron chi connectivity index (χ3n) is 3.57. The molecule has 1 aromatic heterocycles. The number of nitrogens with one attached hydrogen (secondary N) is 1. The van der Waals surface area contributed by atoms with Crippen molar-refractivity contribution in [1.29, 1.82) is 0 Å². The van der Waals surface area contributed by atoms with Gasteiger partial charge in [-0.15, -0.1) is 0 Å². The first kappa shape index (κ1) is 15.7. The smallest absolute Gasteiger partial charge is 0.149 e. The summed E-state index contributed by atoms with van der Waals surface area (Å²) in [7, 11) is 3.24. The largest absolute Gasteiger partial charge is 0.494 e. The van der Waals surface area contributed by atoms with Crippen molar-refractivity contribution in [2.24, 2.45) is 0 Å². The summed E-state index contributed by atoms with van der Waals surface area (Å²) < 4.78 is 11.0. The van der Waals surface area contributed by atoms with Gasteiger partial charge in [0.05, 0.1) is 30.3 Å². The highest BCUT2D eigenvalue weighted by atomic mass is 35.5. The predicted molar refractivity (Wildman–Crippen MR) is 88.1 cm³/mol. The molecule has 0 fully saturated rings. The van der Waals surface area contributed by atoms with Crippen molar-refractivity contribution in [3.05, 3.63) is 22.3 Å². The molecule has 0 amide bonds. The van der Waals surface area contributed by atoms with Crippen molar-refractivity contribution in [3.8, 4) is 11.5 Å². The van der Waals surface area contributed by atoms with Gasteiger partial charge in [0, 0.05) is 18.3 Å². The molecule has 21 heavy (non-hydrogen) atoms. The van der Waals surface area contributed by atoms with Gasteiger partial charge >= 0.3 is 0 Å². The second-order valence-corrected chi connectivity index (χ2v) is 5.16. The first-order chi connectivity index (χ1) is 10.1. The van der Waals surface area contributed by atoms with E-state index in [9.17, 15) is 0 Å². The number of aryl methyl sites for hydroxylation is 1. The minimum atomic E-state index is 0.522. The molecule has 4 nitrogen and oxygen atoms in total. The van der Waals surface area contributed by atoms with E-state index in [-0.39, 0.29) is 0 Å². The van der Waals surface area contributed by atoms with Crippen LogP contribution < -0.4 is 14.8 Å². The Labute approximate surface area is 130 Å². The van der Waals surface area contributed by atoms with Crippen LogP contribution in [0, 0.1) is 6.92 Å². The van der Waals surface area contributed by atoms with Crippen LogP contribution in [0.5, 0.6) is 11.5 Å². The van der Waals surface area contributed by atoms with Gasteiger partial charge in [0.25, 0.3) is 0 Å². The summed E-state index contributed by atoms with van der Waals surface area (Å²) in [5, 5.41) is 4.83. The zero-order valence-electron chi connectivity index (χ0n) is 13.1. The number of halogens is 1. The van der Waals surface area contributed by atoms with Gasteiger partial charge in [0.1, 0.15) is 17.0 Å². The lowest BCUT2D eigenvalue weighted by atomic mass is 10.0. The molecule has 0 unspecified atom stereocenters. The average Bonchev–Trinajstić information content (AvgIpc) is 2.47. The fraction of sp³-hybridized carbons (Fsp3) is 0.438. The summed E-state index contributed by atoms with van der Waals surface area (Å²) in [5.74, 6) is 1.28. The molecule has 5 heteroatoms. The lowest BCUT2D eigenvalue weighted by Crippen LogP contribution is -2.06. The average molecular weight is 309 g/mol. The SMILES string of the molecule is CCNc1c(CC)c(C)nc2c(OC)cc(Cl)c(OC)c12. The van der Waals surface area contributed by atoms with Crippen LogP contribution in [-0.4, -0.2) is 25.7 Å². The van der Waals surface area contributed by atoms with Gasteiger partial charge in [-0.1, -0.05) is 18.5 Å². The molecule has 0 bridgehead atoms. The Hall–Kier alpha value is -1.68. The van der Waals surface area contributed by atoms with Crippen LogP contribution >= 0.6 is 11.6 Å². The van der Waals surface area contributed by atoms with Crippen LogP contribution in [0.15, 0.2) is 6.07 Å². The van der Waals surface area contributed by atoms with E-state index in [1.165, 1.54) is 5.56 Å². The lowest BCUT2D eigenvalue weighted by molar-refractivity contribution is 0.410. The van der Waals surface area contributed by atoms with Crippen LogP contribution in [0.3, 0.4) is 0 Å². The number of pyridine rings is 1. The van der Waals surface area contributed by atoms with Crippen molar-refractivity contribution >= 4 is 28.2 Å². The van der Waals surface area contributed by atoms with Crippen LogP contribution in [0.1, 0.15) is 25.1 Å². The zero-order chi connectivity index (χ0) is 15.6. The number of fused-ring (bicyclic) bond motifs is 1. The first-order valence-corrected chi connectivity index (χ1v) is 7.44. The number of hydrogen-bond donors (Lipinski definition) is 1. The molecule has 0 saturated heterocycles. The quantitative estimate of drug-likeness (QED) is 0.898. The normalized spacial score (nSPS) is 10.8. The van der Waals surface area contributed by atoms with E-state index in [0.717, 1.165) is 35.2 Å². The molecule has 0 spiro atoms. The highest BCUT2D eigenvalue weighted by Gasteiger charge is 2.20. The van der Waals surface area contributed by atoms with Crippen molar-refractivity contribution < 1.29 is 9.47 Å². The Balaban J connectivity index is 3.00. The summed E-state index contributed by atoms with van der Waals surface area (Å²) in [4.78, 5) is 4.71. The molecule has 2 rings (SSSR count). The van der Waals surface area contributed by atoms with Crippen LogP contribution in [0.4, 0.5) is 5.69 Å². The van der Waals surface area contributed by atoms with Crippen molar-refractivity contribution in [2.45, 2.75) is 27.2 Å². The summed E-state index contributed by atoms with van der Waals surface area (Å²) in [6, 6.07) is 1.75. The minimum absolute atomic E-state index is 0.522. The van der Waals surface area contributed by atoms with Gasteiger partial charge in [-0.2, -0.15) is 0 Å². The van der Waals surface area contributed by atoms with E-state index in [1.807, 2.05) is 6.92 Å². The Morgan fingerprint density at radius 2 is 1.95 bits per heavy atom. The number of nitrogens with zero attached hydrogens (tertiary/aromatic N) is 1. The van der Waals surface area contributed by atoms with E-state index in [1.54, 1.807) is 20.3 Å². The van der Waals surface area contributed by atoms with Gasteiger partial charge < -0.3 is 14.8 Å². The summed E-state index contributed by atoms with van der Waals surface area (Å²) >= 11 is 6.33. The molecule has 1 heterocycles. The number of methoxy groups -OCH3 is 2. The maximum absolute atomic E-state index is 6.33. The standard InChI is InChI=1S/C16H21ClN2O2/c1-6-10-9(3)19-15-12(20-4)8-11(17)16(21-5)13(15)14(10)18-7-2/h8H,6-7H2,1-5H3,(H,18,19). The molecule has 1 aromatic carbocycles. The fourth-order valence-corrected chi connectivity index (χ4v) is 2.94. The Morgan fingerprint density at radius 1 is 1.24 bits per heavy atom. The van der Waals surface area contributed by atoms with Crippen molar-refractivity contribution in [3.63, 3.8) is 0 Å². The second kappa shape index (κ2) is 6.39. The van der Waals surface area contributed by atoms with Crippen molar-refractivity contribution in [2.75, 3.05) is 26.1 Å². The highest BCUT2D eigenvalue weighted by molar-refractivity contribution is 6.34. The van der Waals surface area contributed by atoms with Crippen LogP contribution in [-0.2, 0) is 6.42 Å². The first-order valence-electron chi connectivity index (χ1n) is 7.06. The van der Waals surface area contributed by atoms with E-state index < -0.39 is 0 Å². The van der Waals surface area contributed by atoms with E-state index >= 15 is 0 Å². The fourth-order valence-electron chi connectivity index (χ4n) is 2.67. The third kappa shape index (κ3) is 2.60. The molecule has 0 aliphatic carbocycles. The maximum atomic E-state index is 6.33. The lowest BCUT2D eigenvalue weighted by Gasteiger charge is -2.19. The van der Waals surface area contributed by atoms with Gasteiger partial charge in [0.2, 0.25) is 0 Å². The monoisotopic (exact) mass is 308 g/mol. The Kier molecular flexibility index (Phi) is 4.78. The zero-order valence-corrected chi connectivity index (χ0v) is 13.9. The molecular formula is C16H21ClN2O2. The molecule has 0 radical (unpaired) electrons. The predicted octanol–water partition coefficient (Wildman–Crippen LogP) is 4.21. The molecule has 0 saturated carbocycles. The highest BCUT2D eigenvalue weighted by Crippen LogP contribution is 2.44. The third-order valence-corrected chi connectivity index (χ3v) is 3.85. The number of anilines is 1. The summed E-state index contributed by atoms with van der Waals surface area (Å²) in [5.41, 5.74) is 3.96. The molecular weight excluding hydrogens is 288 g/mol. The number of ether oxygens (including phenoxy) is 2. The van der Waals surface area contributed by atoms with Gasteiger partial charge in [-0.05, 0) is 25.8 Å². The molecule has 0 aliphatic rings. The number of benzene rings is 1. The minimum Gasteiger partial charge on any atom is -0.494 e. The number of hydrogen-bond acceptors (Lipinski definition) is 4. The summed E-state index contributed by atoms with van der Waals surface area (Å²) in [6.45, 7) is 7.00. The van der Waals surface area contributed by atoms with E-state index in [0.29, 0.717) is 16.5 Å². The van der Waals surface area contributed by atoms with Crippen molar-refractivity contribution in [1.82, 2.24) is 4.98 Å². The topological polar surface area (TPSA) is 43.4 Å². The van der Waals surface area contributed by atoms with Gasteiger partial charge in [0.15, 0.2) is 0 Å². The molecule has 0 aliphatic heterocycles. The van der Waals surface area contributed by atoms with Crippen LogP contribution in [0.2, 0.25) is 5.02 Å². The molecule has 1 N–H and O–H groups in total. The summed E-state index contributed by atoms with van der Waals surface area (Å²) in [6.07, 6.45) is 0.884. The van der Waals surface area contributed by atoms with Crippen LogP contribution in [0.25, 0.3) is 10.9 Å². The van der Waals surface area contributed by atoms with E-state index in [2.05, 4.69) is 19.2 Å². The van der Waals surface area contributed by atoms with Gasteiger partial charge in [-0.25, -0.2) is 4.98 Å². The number of rotatable bonds is 5. The number of aromatic nitrogens is 1. The maximum Gasteiger partial charge on any atom is 0.149 e. The van der Waals surface area contributed by atoms with Gasteiger partial charge in [-0.3, -0.25) is 0 Å². The molecule has 114 valence electrons. The van der Waals surface area contributed by atoms with E-state index in [4.69, 9.17) is 26.1 Å².